The van der Waals surface area contributed by atoms with Gasteiger partial charge in [-0.3, -0.25) is 4.90 Å². The van der Waals surface area contributed by atoms with Gasteiger partial charge in [0.1, 0.15) is 5.60 Å². The van der Waals surface area contributed by atoms with Crippen LogP contribution in [-0.4, -0.2) is 36.4 Å². The molecule has 0 aromatic heterocycles. The maximum atomic E-state index is 11.6. The van der Waals surface area contributed by atoms with E-state index in [9.17, 15) is 4.79 Å². The van der Waals surface area contributed by atoms with Crippen LogP contribution in [0.5, 0.6) is 0 Å². The number of hydrogen-bond donors (Lipinski definition) is 0. The van der Waals surface area contributed by atoms with Gasteiger partial charge in [0, 0.05) is 19.9 Å². The average Bonchev–Trinajstić information content (AvgIpc) is 2.15. The molecule has 1 aliphatic rings. The molecule has 0 fully saturated rings. The quantitative estimate of drug-likeness (QED) is 0.670. The molecule has 1 unspecified atom stereocenters. The van der Waals surface area contributed by atoms with Crippen LogP contribution in [0.15, 0.2) is 12.3 Å². The maximum absolute atomic E-state index is 11.6. The van der Waals surface area contributed by atoms with E-state index in [-0.39, 0.29) is 12.2 Å². The van der Waals surface area contributed by atoms with Crippen LogP contribution in [0.25, 0.3) is 0 Å². The number of nitrogens with zero attached hydrogens (tertiary/aromatic N) is 1. The Morgan fingerprint density at radius 1 is 1.47 bits per heavy atom. The zero-order valence-electron chi connectivity index (χ0n) is 9.82. The number of methoxy groups -OCH3 is 1. The summed E-state index contributed by atoms with van der Waals surface area (Å²) in [5.74, 6) is 0. The molecule has 0 saturated heterocycles. The standard InChI is InChI=1S/C11H19NO3/c1-11(2,3)15-10(13)12-7-5-9(14-4)6-8-12/h5,7,9H,6,8H2,1-4H3. The zero-order chi connectivity index (χ0) is 11.5. The average molecular weight is 213 g/mol. The second kappa shape index (κ2) is 4.66. The third-order valence-corrected chi connectivity index (χ3v) is 2.07. The minimum absolute atomic E-state index is 0.115. The van der Waals surface area contributed by atoms with Gasteiger partial charge < -0.3 is 9.47 Å². The van der Waals surface area contributed by atoms with Crippen molar-refractivity contribution < 1.29 is 14.3 Å². The highest BCUT2D eigenvalue weighted by Crippen LogP contribution is 2.14. The van der Waals surface area contributed by atoms with Crippen LogP contribution >= 0.6 is 0 Å². The van der Waals surface area contributed by atoms with Crippen molar-refractivity contribution in [1.82, 2.24) is 4.90 Å². The van der Waals surface area contributed by atoms with Gasteiger partial charge in [0.2, 0.25) is 0 Å². The van der Waals surface area contributed by atoms with E-state index in [0.29, 0.717) is 6.54 Å². The van der Waals surface area contributed by atoms with Gasteiger partial charge in [0.25, 0.3) is 0 Å². The summed E-state index contributed by atoms with van der Waals surface area (Å²) in [5, 5.41) is 0. The van der Waals surface area contributed by atoms with Crippen LogP contribution in [-0.2, 0) is 9.47 Å². The smallest absolute Gasteiger partial charge is 0.414 e. The van der Waals surface area contributed by atoms with Gasteiger partial charge in [0.05, 0.1) is 6.10 Å². The summed E-state index contributed by atoms with van der Waals surface area (Å²) in [6, 6.07) is 0. The van der Waals surface area contributed by atoms with E-state index in [1.54, 1.807) is 18.2 Å². The van der Waals surface area contributed by atoms with Gasteiger partial charge in [0.15, 0.2) is 0 Å². The molecule has 1 aliphatic heterocycles. The molecule has 1 atom stereocenters. The number of amides is 1. The van der Waals surface area contributed by atoms with Crippen molar-refractivity contribution >= 4 is 6.09 Å². The lowest BCUT2D eigenvalue weighted by atomic mass is 10.2. The van der Waals surface area contributed by atoms with E-state index < -0.39 is 5.60 Å². The van der Waals surface area contributed by atoms with Crippen molar-refractivity contribution in [3.63, 3.8) is 0 Å². The molecule has 1 rings (SSSR count). The van der Waals surface area contributed by atoms with Crippen LogP contribution < -0.4 is 0 Å². The van der Waals surface area contributed by atoms with Crippen molar-refractivity contribution in [3.05, 3.63) is 12.3 Å². The molecule has 0 aromatic carbocycles. The summed E-state index contributed by atoms with van der Waals surface area (Å²) < 4.78 is 10.4. The number of rotatable bonds is 1. The summed E-state index contributed by atoms with van der Waals surface area (Å²) in [7, 11) is 1.66. The molecule has 1 heterocycles. The predicted octanol–water partition coefficient (Wildman–Crippen LogP) is 2.16. The van der Waals surface area contributed by atoms with E-state index in [1.165, 1.54) is 0 Å². The van der Waals surface area contributed by atoms with E-state index in [0.717, 1.165) is 6.42 Å². The highest BCUT2D eigenvalue weighted by atomic mass is 16.6. The Morgan fingerprint density at radius 2 is 2.13 bits per heavy atom. The Labute approximate surface area is 90.8 Å². The molecule has 0 saturated carbocycles. The lowest BCUT2D eigenvalue weighted by molar-refractivity contribution is 0.0282. The molecule has 0 N–H and O–H groups in total. The second-order valence-corrected chi connectivity index (χ2v) is 4.58. The fourth-order valence-corrected chi connectivity index (χ4v) is 1.31. The van der Waals surface area contributed by atoms with Gasteiger partial charge in [-0.1, -0.05) is 0 Å². The largest absolute Gasteiger partial charge is 0.443 e. The van der Waals surface area contributed by atoms with Crippen molar-refractivity contribution in [2.24, 2.45) is 0 Å². The van der Waals surface area contributed by atoms with Gasteiger partial charge in [-0.2, -0.15) is 0 Å². The molecular weight excluding hydrogens is 194 g/mol. The third-order valence-electron chi connectivity index (χ3n) is 2.07. The Morgan fingerprint density at radius 3 is 2.53 bits per heavy atom. The molecule has 0 radical (unpaired) electrons. The zero-order valence-corrected chi connectivity index (χ0v) is 9.82. The molecular formula is C11H19NO3. The number of carbonyl (C=O) groups excluding carboxylic acids is 1. The lowest BCUT2D eigenvalue weighted by Gasteiger charge is -2.28. The van der Waals surface area contributed by atoms with Crippen LogP contribution in [0.3, 0.4) is 0 Å². The Bertz CT molecular complexity index is 255. The molecule has 4 nitrogen and oxygen atoms in total. The van der Waals surface area contributed by atoms with Crippen LogP contribution in [0.4, 0.5) is 4.79 Å². The van der Waals surface area contributed by atoms with Crippen molar-refractivity contribution in [2.75, 3.05) is 13.7 Å². The molecule has 0 bridgehead atoms. The van der Waals surface area contributed by atoms with E-state index >= 15 is 0 Å². The van der Waals surface area contributed by atoms with Gasteiger partial charge in [-0.05, 0) is 33.3 Å². The molecule has 0 aromatic rings. The van der Waals surface area contributed by atoms with Crippen LogP contribution in [0, 0.1) is 0 Å². The van der Waals surface area contributed by atoms with Crippen molar-refractivity contribution in [1.29, 1.82) is 0 Å². The first-order valence-corrected chi connectivity index (χ1v) is 5.13. The topological polar surface area (TPSA) is 38.8 Å². The molecule has 0 spiro atoms. The minimum atomic E-state index is -0.441. The highest BCUT2D eigenvalue weighted by molar-refractivity contribution is 5.69. The van der Waals surface area contributed by atoms with E-state index in [4.69, 9.17) is 9.47 Å². The predicted molar refractivity (Wildman–Crippen MR) is 57.5 cm³/mol. The van der Waals surface area contributed by atoms with Gasteiger partial charge in [-0.25, -0.2) is 4.79 Å². The fourth-order valence-electron chi connectivity index (χ4n) is 1.31. The molecule has 0 aliphatic carbocycles. The van der Waals surface area contributed by atoms with Crippen LogP contribution in [0.2, 0.25) is 0 Å². The lowest BCUT2D eigenvalue weighted by Crippen LogP contribution is -2.37. The van der Waals surface area contributed by atoms with E-state index in [1.807, 2.05) is 26.8 Å². The summed E-state index contributed by atoms with van der Waals surface area (Å²) in [4.78, 5) is 13.2. The Balaban J connectivity index is 2.49. The SMILES string of the molecule is COC1C=CN(C(=O)OC(C)(C)C)CC1. The Hall–Kier alpha value is -1.03. The van der Waals surface area contributed by atoms with Crippen molar-refractivity contribution in [3.8, 4) is 0 Å². The van der Waals surface area contributed by atoms with E-state index in [2.05, 4.69) is 0 Å². The van der Waals surface area contributed by atoms with Crippen molar-refractivity contribution in [2.45, 2.75) is 38.9 Å². The highest BCUT2D eigenvalue weighted by Gasteiger charge is 2.23. The molecule has 1 amide bonds. The maximum Gasteiger partial charge on any atom is 0.414 e. The summed E-state index contributed by atoms with van der Waals surface area (Å²) in [6.07, 6.45) is 4.22. The van der Waals surface area contributed by atoms with Gasteiger partial charge in [-0.15, -0.1) is 0 Å². The Kier molecular flexibility index (Phi) is 3.74. The number of ether oxygens (including phenoxy) is 2. The first kappa shape index (κ1) is 12.0. The summed E-state index contributed by atoms with van der Waals surface area (Å²) in [5.41, 5.74) is -0.441. The first-order valence-electron chi connectivity index (χ1n) is 5.13. The monoisotopic (exact) mass is 213 g/mol. The number of hydrogen-bond acceptors (Lipinski definition) is 3. The minimum Gasteiger partial charge on any atom is -0.443 e. The van der Waals surface area contributed by atoms with Crippen LogP contribution in [0.1, 0.15) is 27.2 Å². The molecule has 4 heteroatoms. The fraction of sp³-hybridized carbons (Fsp3) is 0.727. The second-order valence-electron chi connectivity index (χ2n) is 4.58. The van der Waals surface area contributed by atoms with Gasteiger partial charge >= 0.3 is 6.09 Å². The third kappa shape index (κ3) is 3.91. The molecule has 15 heavy (non-hydrogen) atoms. The summed E-state index contributed by atoms with van der Waals surface area (Å²) in [6.45, 7) is 6.22. The normalized spacial score (nSPS) is 21.6. The summed E-state index contributed by atoms with van der Waals surface area (Å²) >= 11 is 0. The first-order chi connectivity index (χ1) is 6.92. The molecule has 86 valence electrons. The number of carbonyl (C=O) groups is 1.